The van der Waals surface area contributed by atoms with E-state index >= 15 is 0 Å². The molecule has 0 unspecified atom stereocenters. The van der Waals surface area contributed by atoms with Gasteiger partial charge in [-0.15, -0.1) is 0 Å². The van der Waals surface area contributed by atoms with Crippen LogP contribution in [0.1, 0.15) is 12.1 Å². The van der Waals surface area contributed by atoms with Crippen molar-refractivity contribution in [2.24, 2.45) is 7.05 Å². The first-order chi connectivity index (χ1) is 7.84. The molecule has 1 N–H and O–H groups in total. The third-order valence-electron chi connectivity index (χ3n) is 2.43. The molecule has 0 fully saturated rings. The van der Waals surface area contributed by atoms with Gasteiger partial charge < -0.3 is 19.4 Å². The lowest BCUT2D eigenvalue weighted by molar-refractivity contribution is 0.0694. The third kappa shape index (κ3) is 5.30. The molecule has 0 aliphatic rings. The molecule has 0 spiro atoms. The maximum Gasteiger partial charge on any atom is 0.0700 e. The Morgan fingerprint density at radius 1 is 1.31 bits per heavy atom. The van der Waals surface area contributed by atoms with Gasteiger partial charge >= 0.3 is 0 Å². The summed E-state index contributed by atoms with van der Waals surface area (Å²) < 4.78 is 12.4. The second-order valence-corrected chi connectivity index (χ2v) is 3.75. The van der Waals surface area contributed by atoms with E-state index in [9.17, 15) is 0 Å². The highest BCUT2D eigenvalue weighted by molar-refractivity contribution is 5.05. The number of hydrogen-bond donors (Lipinski definition) is 1. The predicted molar refractivity (Wildman–Crippen MR) is 64.4 cm³/mol. The van der Waals surface area contributed by atoms with Gasteiger partial charge in [-0.2, -0.15) is 0 Å². The van der Waals surface area contributed by atoms with Gasteiger partial charge in [0.1, 0.15) is 0 Å². The molecule has 1 rings (SSSR count). The first-order valence-electron chi connectivity index (χ1n) is 5.72. The maximum atomic E-state index is 5.36. The zero-order valence-corrected chi connectivity index (χ0v) is 10.2. The molecule has 92 valence electrons. The minimum Gasteiger partial charge on any atom is -0.382 e. The first-order valence-corrected chi connectivity index (χ1v) is 5.72. The van der Waals surface area contributed by atoms with Crippen LogP contribution >= 0.6 is 0 Å². The molecule has 0 radical (unpaired) electrons. The van der Waals surface area contributed by atoms with Crippen LogP contribution in [-0.4, -0.2) is 38.0 Å². The number of aryl methyl sites for hydroxylation is 1. The van der Waals surface area contributed by atoms with Crippen LogP contribution in [0.2, 0.25) is 0 Å². The maximum absolute atomic E-state index is 5.36. The molecule has 0 saturated carbocycles. The molecular weight excluding hydrogens is 204 g/mol. The molecule has 0 aliphatic heterocycles. The van der Waals surface area contributed by atoms with Crippen LogP contribution in [0.3, 0.4) is 0 Å². The fourth-order valence-corrected chi connectivity index (χ4v) is 1.44. The highest BCUT2D eigenvalue weighted by atomic mass is 16.5. The van der Waals surface area contributed by atoms with Gasteiger partial charge in [0, 0.05) is 39.2 Å². The summed E-state index contributed by atoms with van der Waals surface area (Å²) in [6.07, 6.45) is 3.10. The van der Waals surface area contributed by atoms with Crippen LogP contribution in [0.5, 0.6) is 0 Å². The third-order valence-corrected chi connectivity index (χ3v) is 2.43. The van der Waals surface area contributed by atoms with Crippen molar-refractivity contribution in [2.75, 3.05) is 33.5 Å². The highest BCUT2D eigenvalue weighted by Gasteiger charge is 1.95. The van der Waals surface area contributed by atoms with Crippen molar-refractivity contribution in [3.8, 4) is 0 Å². The number of ether oxygens (including phenoxy) is 2. The van der Waals surface area contributed by atoms with Crippen molar-refractivity contribution in [3.63, 3.8) is 0 Å². The summed E-state index contributed by atoms with van der Waals surface area (Å²) in [5.74, 6) is 0. The molecule has 0 atom stereocenters. The summed E-state index contributed by atoms with van der Waals surface area (Å²) in [7, 11) is 3.75. The Morgan fingerprint density at radius 2 is 2.19 bits per heavy atom. The average Bonchev–Trinajstić information content (AvgIpc) is 2.68. The number of hydrogen-bond acceptors (Lipinski definition) is 3. The van der Waals surface area contributed by atoms with E-state index in [1.54, 1.807) is 7.11 Å². The second-order valence-electron chi connectivity index (χ2n) is 3.75. The van der Waals surface area contributed by atoms with Crippen LogP contribution in [0, 0.1) is 0 Å². The Morgan fingerprint density at radius 3 is 2.88 bits per heavy atom. The standard InChI is InChI=1S/C12H22N2O2/c1-14-7-3-5-12(14)11-13-6-4-8-16-10-9-15-2/h3,5,7,13H,4,6,8-11H2,1-2H3. The molecule has 0 aromatic carbocycles. The minimum absolute atomic E-state index is 0.677. The summed E-state index contributed by atoms with van der Waals surface area (Å²) >= 11 is 0. The molecular formula is C12H22N2O2. The summed E-state index contributed by atoms with van der Waals surface area (Å²) in [5, 5.41) is 3.39. The van der Waals surface area contributed by atoms with Crippen LogP contribution < -0.4 is 5.32 Å². The average molecular weight is 226 g/mol. The van der Waals surface area contributed by atoms with Crippen molar-refractivity contribution >= 4 is 0 Å². The van der Waals surface area contributed by atoms with E-state index in [0.717, 1.165) is 26.1 Å². The van der Waals surface area contributed by atoms with Gasteiger partial charge in [0.25, 0.3) is 0 Å². The van der Waals surface area contributed by atoms with E-state index in [0.29, 0.717) is 13.2 Å². The molecule has 16 heavy (non-hydrogen) atoms. The van der Waals surface area contributed by atoms with Gasteiger partial charge in [-0.05, 0) is 25.1 Å². The Bertz CT molecular complexity index is 274. The second kappa shape index (κ2) is 8.33. The number of nitrogens with zero attached hydrogens (tertiary/aromatic N) is 1. The normalized spacial score (nSPS) is 10.9. The van der Waals surface area contributed by atoms with Gasteiger partial charge in [0.15, 0.2) is 0 Å². The number of rotatable bonds is 9. The van der Waals surface area contributed by atoms with E-state index in [4.69, 9.17) is 9.47 Å². The van der Waals surface area contributed by atoms with E-state index in [1.807, 2.05) is 0 Å². The van der Waals surface area contributed by atoms with Crippen LogP contribution in [0.25, 0.3) is 0 Å². The molecule has 1 aromatic rings. The fraction of sp³-hybridized carbons (Fsp3) is 0.667. The molecule has 1 aromatic heterocycles. The topological polar surface area (TPSA) is 35.4 Å². The molecule has 4 heteroatoms. The summed E-state index contributed by atoms with van der Waals surface area (Å²) in [4.78, 5) is 0. The quantitative estimate of drug-likeness (QED) is 0.642. The molecule has 0 amide bonds. The first kappa shape index (κ1) is 13.2. The lowest BCUT2D eigenvalue weighted by Crippen LogP contribution is -2.18. The van der Waals surface area contributed by atoms with Gasteiger partial charge in [-0.1, -0.05) is 0 Å². The summed E-state index contributed by atoms with van der Waals surface area (Å²) in [6.45, 7) is 4.06. The lowest BCUT2D eigenvalue weighted by Gasteiger charge is -2.06. The van der Waals surface area contributed by atoms with Crippen molar-refractivity contribution in [2.45, 2.75) is 13.0 Å². The Labute approximate surface area is 97.5 Å². The highest BCUT2D eigenvalue weighted by Crippen LogP contribution is 1.98. The van der Waals surface area contributed by atoms with Gasteiger partial charge in [0.05, 0.1) is 13.2 Å². The Balaban J connectivity index is 1.91. The monoisotopic (exact) mass is 226 g/mol. The van der Waals surface area contributed by atoms with Gasteiger partial charge in [-0.3, -0.25) is 0 Å². The zero-order valence-electron chi connectivity index (χ0n) is 10.2. The SMILES string of the molecule is COCCOCCCNCc1cccn1C. The Hall–Kier alpha value is -0.840. The predicted octanol–water partition coefficient (Wildman–Crippen LogP) is 1.17. The van der Waals surface area contributed by atoms with Gasteiger partial charge in [0.2, 0.25) is 0 Å². The van der Waals surface area contributed by atoms with Crippen molar-refractivity contribution in [3.05, 3.63) is 24.0 Å². The molecule has 4 nitrogen and oxygen atoms in total. The minimum atomic E-state index is 0.677. The Kier molecular flexibility index (Phi) is 6.88. The summed E-state index contributed by atoms with van der Waals surface area (Å²) in [6, 6.07) is 4.19. The van der Waals surface area contributed by atoms with E-state index in [1.165, 1.54) is 5.69 Å². The van der Waals surface area contributed by atoms with Crippen molar-refractivity contribution < 1.29 is 9.47 Å². The fourth-order valence-electron chi connectivity index (χ4n) is 1.44. The van der Waals surface area contributed by atoms with Crippen molar-refractivity contribution in [1.29, 1.82) is 0 Å². The number of methoxy groups -OCH3 is 1. The van der Waals surface area contributed by atoms with E-state index < -0.39 is 0 Å². The largest absolute Gasteiger partial charge is 0.382 e. The zero-order chi connectivity index (χ0) is 11.6. The molecule has 1 heterocycles. The number of nitrogens with one attached hydrogen (secondary N) is 1. The summed E-state index contributed by atoms with van der Waals surface area (Å²) in [5.41, 5.74) is 1.31. The van der Waals surface area contributed by atoms with Crippen LogP contribution in [0.4, 0.5) is 0 Å². The molecule has 0 bridgehead atoms. The van der Waals surface area contributed by atoms with Crippen molar-refractivity contribution in [1.82, 2.24) is 9.88 Å². The molecule has 0 saturated heterocycles. The van der Waals surface area contributed by atoms with Crippen LogP contribution in [-0.2, 0) is 23.1 Å². The van der Waals surface area contributed by atoms with Gasteiger partial charge in [-0.25, -0.2) is 0 Å². The van der Waals surface area contributed by atoms with E-state index in [2.05, 4.69) is 35.3 Å². The smallest absolute Gasteiger partial charge is 0.0700 e. The lowest BCUT2D eigenvalue weighted by atomic mass is 10.4. The van der Waals surface area contributed by atoms with E-state index in [-0.39, 0.29) is 0 Å². The van der Waals surface area contributed by atoms with Crippen LogP contribution in [0.15, 0.2) is 18.3 Å². The number of aromatic nitrogens is 1. The molecule has 0 aliphatic carbocycles.